The van der Waals surface area contributed by atoms with Gasteiger partial charge in [-0.15, -0.1) is 0 Å². The summed E-state index contributed by atoms with van der Waals surface area (Å²) in [5, 5.41) is 0. The molecule has 0 aromatic heterocycles. The summed E-state index contributed by atoms with van der Waals surface area (Å²) in [6.07, 6.45) is 6.95. The van der Waals surface area contributed by atoms with Crippen molar-refractivity contribution < 1.29 is 4.79 Å². The minimum absolute atomic E-state index is 0.188. The Morgan fingerprint density at radius 1 is 1.31 bits per heavy atom. The van der Waals surface area contributed by atoms with E-state index in [2.05, 4.69) is 11.9 Å². The van der Waals surface area contributed by atoms with Crippen LogP contribution in [0.3, 0.4) is 0 Å². The van der Waals surface area contributed by atoms with Gasteiger partial charge in [0.1, 0.15) is 6.29 Å². The normalized spacial score (nSPS) is 33.6. The molecule has 2 rings (SSSR count). The lowest BCUT2D eigenvalue weighted by molar-refractivity contribution is -0.115. The van der Waals surface area contributed by atoms with Crippen molar-refractivity contribution in [3.05, 3.63) is 0 Å². The van der Waals surface area contributed by atoms with Gasteiger partial charge in [0.25, 0.3) is 0 Å². The first-order chi connectivity index (χ1) is 7.50. The lowest BCUT2D eigenvalue weighted by Gasteiger charge is -2.30. The Morgan fingerprint density at radius 3 is 2.56 bits per heavy atom. The van der Waals surface area contributed by atoms with Crippen LogP contribution in [0.25, 0.3) is 0 Å². The van der Waals surface area contributed by atoms with Crippen LogP contribution in [0, 0.1) is 23.2 Å². The third kappa shape index (κ3) is 2.65. The Hall–Kier alpha value is -0.370. The molecule has 2 aliphatic rings. The predicted octanol–water partition coefficient (Wildman–Crippen LogP) is 2.58. The Labute approximate surface area is 99.4 Å². The van der Waals surface area contributed by atoms with E-state index < -0.39 is 0 Å². The molecular weight excluding hydrogens is 198 g/mol. The van der Waals surface area contributed by atoms with Gasteiger partial charge in [-0.2, -0.15) is 0 Å². The Morgan fingerprint density at radius 2 is 2.06 bits per heavy atom. The predicted molar refractivity (Wildman–Crippen MR) is 66.3 cm³/mol. The minimum Gasteiger partial charge on any atom is -0.305 e. The van der Waals surface area contributed by atoms with Crippen LogP contribution in [0.5, 0.6) is 0 Å². The summed E-state index contributed by atoms with van der Waals surface area (Å²) in [4.78, 5) is 13.3. The van der Waals surface area contributed by atoms with Crippen molar-refractivity contribution in [2.24, 2.45) is 23.2 Å². The van der Waals surface area contributed by atoms with E-state index in [0.717, 1.165) is 30.6 Å². The molecule has 2 aliphatic carbocycles. The van der Waals surface area contributed by atoms with Crippen molar-refractivity contribution in [2.75, 3.05) is 20.1 Å². The summed E-state index contributed by atoms with van der Waals surface area (Å²) in [5.41, 5.74) is -0.188. The smallest absolute Gasteiger partial charge is 0.126 e. The summed E-state index contributed by atoms with van der Waals surface area (Å²) in [6, 6.07) is 0. The van der Waals surface area contributed by atoms with Crippen LogP contribution in [0.2, 0.25) is 0 Å². The second-order valence-electron chi connectivity index (χ2n) is 6.74. The van der Waals surface area contributed by atoms with Gasteiger partial charge in [0.15, 0.2) is 0 Å². The molecule has 92 valence electrons. The summed E-state index contributed by atoms with van der Waals surface area (Å²) in [7, 11) is 2.16. The van der Waals surface area contributed by atoms with Gasteiger partial charge in [-0.3, -0.25) is 0 Å². The van der Waals surface area contributed by atoms with Crippen LogP contribution in [-0.4, -0.2) is 31.3 Å². The zero-order valence-corrected chi connectivity index (χ0v) is 10.9. The maximum Gasteiger partial charge on any atom is 0.126 e. The van der Waals surface area contributed by atoms with Gasteiger partial charge in [-0.05, 0) is 44.1 Å². The quantitative estimate of drug-likeness (QED) is 0.668. The zero-order valence-electron chi connectivity index (χ0n) is 10.9. The molecule has 0 N–H and O–H groups in total. The first-order valence-corrected chi connectivity index (χ1v) is 6.65. The standard InChI is InChI=1S/C14H25NO/c1-14(2,10-16)9-15(3)8-13-7-11-4-5-12(13)6-11/h10-13H,4-9H2,1-3H3. The molecule has 3 unspecified atom stereocenters. The van der Waals surface area contributed by atoms with Crippen molar-refractivity contribution in [2.45, 2.75) is 39.5 Å². The first kappa shape index (κ1) is 12.1. The van der Waals surface area contributed by atoms with Gasteiger partial charge < -0.3 is 9.69 Å². The molecule has 2 bridgehead atoms. The molecule has 16 heavy (non-hydrogen) atoms. The number of nitrogens with zero attached hydrogens (tertiary/aromatic N) is 1. The number of aldehydes is 1. The molecule has 0 heterocycles. The fourth-order valence-corrected chi connectivity index (χ4v) is 3.80. The van der Waals surface area contributed by atoms with E-state index in [4.69, 9.17) is 0 Å². The fourth-order valence-electron chi connectivity index (χ4n) is 3.80. The summed E-state index contributed by atoms with van der Waals surface area (Å²) in [6.45, 7) is 6.14. The van der Waals surface area contributed by atoms with Crippen LogP contribution in [0.1, 0.15) is 39.5 Å². The van der Waals surface area contributed by atoms with Gasteiger partial charge >= 0.3 is 0 Å². The molecule has 0 aromatic carbocycles. The average molecular weight is 223 g/mol. The molecule has 0 aromatic rings. The maximum absolute atomic E-state index is 10.9. The number of hydrogen-bond acceptors (Lipinski definition) is 2. The topological polar surface area (TPSA) is 20.3 Å². The van der Waals surface area contributed by atoms with E-state index in [1.165, 1.54) is 32.2 Å². The van der Waals surface area contributed by atoms with Crippen molar-refractivity contribution in [3.8, 4) is 0 Å². The molecule has 0 amide bonds. The Kier molecular flexibility index (Phi) is 3.39. The molecule has 2 heteroatoms. The van der Waals surface area contributed by atoms with Gasteiger partial charge in [-0.1, -0.05) is 20.3 Å². The summed E-state index contributed by atoms with van der Waals surface area (Å²) >= 11 is 0. The highest BCUT2D eigenvalue weighted by molar-refractivity contribution is 5.58. The molecule has 2 fully saturated rings. The van der Waals surface area contributed by atoms with Crippen LogP contribution in [-0.2, 0) is 4.79 Å². The Bertz CT molecular complexity index is 261. The average Bonchev–Trinajstić information content (AvgIpc) is 2.78. The highest BCUT2D eigenvalue weighted by Gasteiger charge is 2.39. The number of rotatable bonds is 5. The molecule has 0 saturated heterocycles. The number of fused-ring (bicyclic) bond motifs is 2. The van der Waals surface area contributed by atoms with E-state index in [1.807, 2.05) is 13.8 Å². The number of carbonyl (C=O) groups excluding carboxylic acids is 1. The minimum atomic E-state index is -0.188. The second kappa shape index (κ2) is 4.48. The first-order valence-electron chi connectivity index (χ1n) is 6.65. The number of carbonyl (C=O) groups is 1. The van der Waals surface area contributed by atoms with Crippen molar-refractivity contribution in [1.29, 1.82) is 0 Å². The third-order valence-electron chi connectivity index (χ3n) is 4.43. The van der Waals surface area contributed by atoms with E-state index in [0.29, 0.717) is 0 Å². The summed E-state index contributed by atoms with van der Waals surface area (Å²) < 4.78 is 0. The van der Waals surface area contributed by atoms with Gasteiger partial charge in [0.05, 0.1) is 0 Å². The highest BCUT2D eigenvalue weighted by Crippen LogP contribution is 2.48. The van der Waals surface area contributed by atoms with E-state index in [9.17, 15) is 4.79 Å². The SMILES string of the molecule is CN(CC1CC2CCC1C2)CC(C)(C)C=O. The molecule has 0 aliphatic heterocycles. The largest absolute Gasteiger partial charge is 0.305 e. The fraction of sp³-hybridized carbons (Fsp3) is 0.929. The monoisotopic (exact) mass is 223 g/mol. The van der Waals surface area contributed by atoms with Gasteiger partial charge in [0.2, 0.25) is 0 Å². The van der Waals surface area contributed by atoms with E-state index >= 15 is 0 Å². The van der Waals surface area contributed by atoms with Crippen LogP contribution < -0.4 is 0 Å². The third-order valence-corrected chi connectivity index (χ3v) is 4.43. The van der Waals surface area contributed by atoms with Crippen LogP contribution >= 0.6 is 0 Å². The van der Waals surface area contributed by atoms with Gasteiger partial charge in [0, 0.05) is 18.5 Å². The molecule has 0 radical (unpaired) electrons. The molecule has 3 atom stereocenters. The van der Waals surface area contributed by atoms with Crippen molar-refractivity contribution in [3.63, 3.8) is 0 Å². The summed E-state index contributed by atoms with van der Waals surface area (Å²) in [5.74, 6) is 2.93. The molecular formula is C14H25NO. The number of hydrogen-bond donors (Lipinski definition) is 0. The molecule has 0 spiro atoms. The lowest BCUT2D eigenvalue weighted by Crippen LogP contribution is -2.36. The Balaban J connectivity index is 1.79. The van der Waals surface area contributed by atoms with E-state index in [1.54, 1.807) is 0 Å². The molecule has 2 nitrogen and oxygen atoms in total. The zero-order chi connectivity index (χ0) is 11.8. The van der Waals surface area contributed by atoms with Crippen LogP contribution in [0.4, 0.5) is 0 Å². The maximum atomic E-state index is 10.9. The second-order valence-corrected chi connectivity index (χ2v) is 6.74. The van der Waals surface area contributed by atoms with Crippen LogP contribution in [0.15, 0.2) is 0 Å². The van der Waals surface area contributed by atoms with E-state index in [-0.39, 0.29) is 5.41 Å². The van der Waals surface area contributed by atoms with Gasteiger partial charge in [-0.25, -0.2) is 0 Å². The highest BCUT2D eigenvalue weighted by atomic mass is 16.1. The van der Waals surface area contributed by atoms with Crippen molar-refractivity contribution in [1.82, 2.24) is 4.90 Å². The lowest BCUT2D eigenvalue weighted by atomic mass is 9.87. The van der Waals surface area contributed by atoms with Crippen molar-refractivity contribution >= 4 is 6.29 Å². The molecule has 2 saturated carbocycles.